The number of likely N-dealkylation sites (tertiary alicyclic amines) is 1. The van der Waals surface area contributed by atoms with Crippen LogP contribution in [-0.4, -0.2) is 49.8 Å². The van der Waals surface area contributed by atoms with Crippen molar-refractivity contribution in [3.8, 4) is 0 Å². The van der Waals surface area contributed by atoms with Gasteiger partial charge < -0.3 is 10.6 Å². The number of benzene rings is 1. The van der Waals surface area contributed by atoms with Crippen molar-refractivity contribution in [2.75, 3.05) is 26.7 Å². The number of aliphatic imine (C=N–C) groups is 1. The molecule has 136 valence electrons. The molecule has 0 saturated carbocycles. The minimum atomic E-state index is -4.14. The van der Waals surface area contributed by atoms with Gasteiger partial charge in [-0.3, -0.25) is 9.89 Å². The van der Waals surface area contributed by atoms with Gasteiger partial charge in [-0.1, -0.05) is 29.8 Å². The standard InChI is InChI=1S/C16H23F3N4.HI/c1-12-3-5-13(6-4-12)9-21-15(20-2)22-14-7-8-23(10-14)11-16(17,18)19;/h3-6,14H,7-11H2,1-2H3,(H2,20,21,22);1H. The summed E-state index contributed by atoms with van der Waals surface area (Å²) in [6.45, 7) is 2.64. The second-order valence-electron chi connectivity index (χ2n) is 5.89. The molecule has 0 radical (unpaired) electrons. The second-order valence-corrected chi connectivity index (χ2v) is 5.89. The lowest BCUT2D eigenvalue weighted by atomic mass is 10.1. The molecule has 4 nitrogen and oxygen atoms in total. The van der Waals surface area contributed by atoms with Gasteiger partial charge in [-0.05, 0) is 18.9 Å². The van der Waals surface area contributed by atoms with Crippen molar-refractivity contribution in [1.29, 1.82) is 0 Å². The average Bonchev–Trinajstić information content (AvgIpc) is 2.90. The molecule has 0 aliphatic carbocycles. The molecule has 0 aromatic heterocycles. The number of hydrogen-bond acceptors (Lipinski definition) is 2. The SMILES string of the molecule is CN=C(NCc1ccc(C)cc1)NC1CCN(CC(F)(F)F)C1.I. The molecule has 24 heavy (non-hydrogen) atoms. The molecule has 1 aromatic rings. The van der Waals surface area contributed by atoms with Crippen molar-refractivity contribution in [1.82, 2.24) is 15.5 Å². The molecule has 2 N–H and O–H groups in total. The summed E-state index contributed by atoms with van der Waals surface area (Å²) >= 11 is 0. The lowest BCUT2D eigenvalue weighted by Crippen LogP contribution is -2.44. The number of nitrogens with zero attached hydrogens (tertiary/aromatic N) is 2. The number of nitrogens with one attached hydrogen (secondary N) is 2. The Balaban J connectivity index is 0.00000288. The molecule has 1 fully saturated rings. The van der Waals surface area contributed by atoms with Crippen molar-refractivity contribution < 1.29 is 13.2 Å². The van der Waals surface area contributed by atoms with E-state index in [1.54, 1.807) is 7.05 Å². The fraction of sp³-hybridized carbons (Fsp3) is 0.562. The number of halogens is 4. The first-order valence-electron chi connectivity index (χ1n) is 7.67. The molecule has 0 bridgehead atoms. The van der Waals surface area contributed by atoms with Gasteiger partial charge in [0.2, 0.25) is 0 Å². The van der Waals surface area contributed by atoms with Crippen molar-refractivity contribution in [3.63, 3.8) is 0 Å². The molecule has 1 aliphatic heterocycles. The highest BCUT2D eigenvalue weighted by atomic mass is 127. The molecule has 2 rings (SSSR count). The first-order chi connectivity index (χ1) is 10.9. The van der Waals surface area contributed by atoms with E-state index in [1.165, 1.54) is 10.5 Å². The predicted octanol–water partition coefficient (Wildman–Crippen LogP) is 2.91. The van der Waals surface area contributed by atoms with E-state index >= 15 is 0 Å². The maximum absolute atomic E-state index is 12.4. The van der Waals surface area contributed by atoms with Gasteiger partial charge in [0.25, 0.3) is 0 Å². The van der Waals surface area contributed by atoms with Crippen LogP contribution >= 0.6 is 24.0 Å². The summed E-state index contributed by atoms with van der Waals surface area (Å²) in [6.07, 6.45) is -3.46. The lowest BCUT2D eigenvalue weighted by Gasteiger charge is -2.19. The van der Waals surface area contributed by atoms with Crippen LogP contribution < -0.4 is 10.6 Å². The highest BCUT2D eigenvalue weighted by Crippen LogP contribution is 2.19. The molecule has 1 aromatic carbocycles. The van der Waals surface area contributed by atoms with Crippen molar-refractivity contribution in [2.24, 2.45) is 4.99 Å². The second kappa shape index (κ2) is 9.45. The van der Waals surface area contributed by atoms with E-state index in [1.807, 2.05) is 31.2 Å². The van der Waals surface area contributed by atoms with Gasteiger partial charge in [-0.25, -0.2) is 0 Å². The van der Waals surface area contributed by atoms with Crippen molar-refractivity contribution >= 4 is 29.9 Å². The van der Waals surface area contributed by atoms with Gasteiger partial charge in [0, 0.05) is 32.7 Å². The van der Waals surface area contributed by atoms with E-state index in [0.717, 1.165) is 5.56 Å². The molecule has 1 atom stereocenters. The van der Waals surface area contributed by atoms with Crippen LogP contribution in [-0.2, 0) is 6.54 Å². The number of alkyl halides is 3. The minimum Gasteiger partial charge on any atom is -0.352 e. The highest BCUT2D eigenvalue weighted by molar-refractivity contribution is 14.0. The Morgan fingerprint density at radius 1 is 1.29 bits per heavy atom. The van der Waals surface area contributed by atoms with Crippen LogP contribution in [0.5, 0.6) is 0 Å². The zero-order chi connectivity index (χ0) is 16.9. The summed E-state index contributed by atoms with van der Waals surface area (Å²) < 4.78 is 37.2. The molecular weight excluding hydrogens is 432 g/mol. The Morgan fingerprint density at radius 2 is 1.96 bits per heavy atom. The molecule has 0 spiro atoms. The zero-order valence-corrected chi connectivity index (χ0v) is 16.2. The van der Waals surface area contributed by atoms with Crippen LogP contribution in [0.25, 0.3) is 0 Å². The largest absolute Gasteiger partial charge is 0.401 e. The van der Waals surface area contributed by atoms with E-state index in [9.17, 15) is 13.2 Å². The molecule has 1 heterocycles. The highest BCUT2D eigenvalue weighted by Gasteiger charge is 2.34. The van der Waals surface area contributed by atoms with Gasteiger partial charge in [0.1, 0.15) is 0 Å². The molecule has 1 aliphatic rings. The zero-order valence-electron chi connectivity index (χ0n) is 13.9. The maximum Gasteiger partial charge on any atom is 0.401 e. The summed E-state index contributed by atoms with van der Waals surface area (Å²) in [6, 6.07) is 8.15. The molecule has 8 heteroatoms. The molecular formula is C16H24F3IN4. The van der Waals surface area contributed by atoms with E-state index in [0.29, 0.717) is 32.0 Å². The fourth-order valence-electron chi connectivity index (χ4n) is 2.63. The van der Waals surface area contributed by atoms with E-state index < -0.39 is 12.7 Å². The third-order valence-electron chi connectivity index (χ3n) is 3.82. The average molecular weight is 456 g/mol. The number of hydrogen-bond donors (Lipinski definition) is 2. The summed E-state index contributed by atoms with van der Waals surface area (Å²) in [7, 11) is 1.66. The molecule has 1 unspecified atom stereocenters. The normalized spacial score (nSPS) is 19.0. The molecule has 1 saturated heterocycles. The van der Waals surface area contributed by atoms with E-state index in [2.05, 4.69) is 15.6 Å². The first kappa shape index (κ1) is 21.0. The first-order valence-corrected chi connectivity index (χ1v) is 7.67. The van der Waals surface area contributed by atoms with Crippen molar-refractivity contribution in [2.45, 2.75) is 32.1 Å². The van der Waals surface area contributed by atoms with Crippen LogP contribution in [0.2, 0.25) is 0 Å². The quantitative estimate of drug-likeness (QED) is 0.416. The maximum atomic E-state index is 12.4. The number of guanidine groups is 1. The topological polar surface area (TPSA) is 39.7 Å². The lowest BCUT2D eigenvalue weighted by molar-refractivity contribution is -0.143. The van der Waals surface area contributed by atoms with Crippen LogP contribution in [0.3, 0.4) is 0 Å². The molecule has 0 amide bonds. The third-order valence-corrected chi connectivity index (χ3v) is 3.82. The number of aryl methyl sites for hydroxylation is 1. The fourth-order valence-corrected chi connectivity index (χ4v) is 2.63. The minimum absolute atomic E-state index is 0. The smallest absolute Gasteiger partial charge is 0.352 e. The Labute approximate surface area is 157 Å². The summed E-state index contributed by atoms with van der Waals surface area (Å²) in [5.41, 5.74) is 2.33. The van der Waals surface area contributed by atoms with E-state index in [-0.39, 0.29) is 30.0 Å². The van der Waals surface area contributed by atoms with Crippen LogP contribution in [0.15, 0.2) is 29.3 Å². The Bertz CT molecular complexity index is 531. The van der Waals surface area contributed by atoms with Gasteiger partial charge in [0.05, 0.1) is 6.54 Å². The van der Waals surface area contributed by atoms with Crippen molar-refractivity contribution in [3.05, 3.63) is 35.4 Å². The van der Waals surface area contributed by atoms with E-state index in [4.69, 9.17) is 0 Å². The monoisotopic (exact) mass is 456 g/mol. The van der Waals surface area contributed by atoms with Crippen LogP contribution in [0, 0.1) is 6.92 Å². The third kappa shape index (κ3) is 7.25. The summed E-state index contributed by atoms with van der Waals surface area (Å²) in [5.74, 6) is 0.615. The summed E-state index contributed by atoms with van der Waals surface area (Å²) in [4.78, 5) is 5.56. The Kier molecular flexibility index (Phi) is 8.28. The Hall–Kier alpha value is -1.03. The predicted molar refractivity (Wildman–Crippen MR) is 101 cm³/mol. The van der Waals surface area contributed by atoms with Crippen LogP contribution in [0.1, 0.15) is 17.5 Å². The summed E-state index contributed by atoms with van der Waals surface area (Å²) in [5, 5.41) is 6.39. The number of rotatable bonds is 4. The van der Waals surface area contributed by atoms with Gasteiger partial charge in [0.15, 0.2) is 5.96 Å². The van der Waals surface area contributed by atoms with Gasteiger partial charge >= 0.3 is 6.18 Å². The van der Waals surface area contributed by atoms with Gasteiger partial charge in [-0.2, -0.15) is 13.2 Å². The van der Waals surface area contributed by atoms with Gasteiger partial charge in [-0.15, -0.1) is 24.0 Å². The van der Waals surface area contributed by atoms with Crippen LogP contribution in [0.4, 0.5) is 13.2 Å². The Morgan fingerprint density at radius 3 is 2.54 bits per heavy atom.